The SMILES string of the molecule is CC(=O)SCC(C)C(=O)N(C1CCCC1)C(C)C(=O)O.CC(C(=O)O)N(C(=O)[C@@H](C)CSC(=O)C(C)(C)C)C1CCCC1.CC(CS)C(=O)N(C1CCCC1)C(C)C(=O)O.CC(CS)C(=O)N(CC(=O)O)C1CCCC1.CC(CSC(=O)C(C)(C)C)C(=O)N(C1CCCC1)C(C)C(=O)O.CC(CSC(=O)C(C)(C)C)C(=O)N(CC(=O)O)C(C)C.CCN(CC(=O)O)C(=O)C(C)CSC(=O)C(C)(C)C. The van der Waals surface area contributed by atoms with E-state index < -0.39 is 87.6 Å². The summed E-state index contributed by atoms with van der Waals surface area (Å²) in [7, 11) is 0. The van der Waals surface area contributed by atoms with Gasteiger partial charge in [-0.2, -0.15) is 25.3 Å². The normalized spacial score (nSPS) is 17.1. The molecule has 0 heterocycles. The van der Waals surface area contributed by atoms with E-state index in [0.29, 0.717) is 46.8 Å². The molecule has 0 aromatic heterocycles. The zero-order valence-electron chi connectivity index (χ0n) is 87.2. The first-order valence-corrected chi connectivity index (χ1v) is 54.5. The molecular weight excluding hydrogens is 1920 g/mol. The Morgan fingerprint density at radius 3 is 0.703 bits per heavy atom. The third-order valence-corrected chi connectivity index (χ3v) is 32.3. The number of amides is 7. The predicted molar refractivity (Wildman–Crippen MR) is 553 cm³/mol. The number of rotatable bonds is 40. The van der Waals surface area contributed by atoms with Crippen LogP contribution in [0.2, 0.25) is 0 Å². The number of carboxylic acids is 7. The van der Waals surface area contributed by atoms with Gasteiger partial charge in [-0.1, -0.05) is 255 Å². The van der Waals surface area contributed by atoms with Crippen molar-refractivity contribution < 1.29 is 127 Å². The fourth-order valence-corrected chi connectivity index (χ4v) is 20.0. The van der Waals surface area contributed by atoms with Crippen LogP contribution in [0.1, 0.15) is 315 Å². The van der Waals surface area contributed by atoms with Crippen molar-refractivity contribution in [3.63, 3.8) is 0 Å². The van der Waals surface area contributed by atoms with Crippen molar-refractivity contribution >= 4 is 193 Å². The third-order valence-electron chi connectivity index (χ3n) is 23.9. The van der Waals surface area contributed by atoms with Gasteiger partial charge in [0.2, 0.25) is 41.4 Å². The van der Waals surface area contributed by atoms with Gasteiger partial charge in [0.1, 0.15) is 43.8 Å². The number of likely N-dealkylation sites (N-methyl/N-ethyl adjacent to an activating group) is 1. The van der Waals surface area contributed by atoms with E-state index in [4.69, 9.17) is 20.4 Å². The number of hydrogen-bond acceptors (Lipinski definition) is 26. The van der Waals surface area contributed by atoms with Crippen LogP contribution in [-0.4, -0.2) is 306 Å². The number of nitrogens with zero attached hydrogens (tertiary/aromatic N) is 7. The lowest BCUT2D eigenvalue weighted by atomic mass is 9.99. The lowest BCUT2D eigenvalue weighted by Crippen LogP contribution is -2.50. The Bertz CT molecular complexity index is 3850. The molecule has 0 aliphatic heterocycles. The summed E-state index contributed by atoms with van der Waals surface area (Å²) in [6, 6.07) is -3.11. The monoisotopic (exact) mass is 2080 g/mol. The van der Waals surface area contributed by atoms with Crippen LogP contribution >= 0.6 is 84.1 Å². The second-order valence-corrected chi connectivity index (χ2v) is 47.1. The van der Waals surface area contributed by atoms with Crippen LogP contribution < -0.4 is 0 Å². The smallest absolute Gasteiger partial charge is 0.326 e. The fraction of sp³-hybridized carbons (Fsp3) is 0.806. The van der Waals surface area contributed by atoms with Gasteiger partial charge in [-0.3, -0.25) is 71.9 Å². The first-order chi connectivity index (χ1) is 63.5. The molecule has 11 atom stereocenters. The second kappa shape index (κ2) is 65.6. The lowest BCUT2D eigenvalue weighted by Gasteiger charge is -2.34. The molecule has 5 aliphatic rings. The average molecular weight is 2090 g/mol. The number of thioether (sulfide) groups is 5. The molecule has 5 aliphatic carbocycles. The van der Waals surface area contributed by atoms with Crippen molar-refractivity contribution in [3.8, 4) is 0 Å². The highest BCUT2D eigenvalue weighted by molar-refractivity contribution is 8.14. The Morgan fingerprint density at radius 1 is 0.290 bits per heavy atom. The first kappa shape index (κ1) is 133. The van der Waals surface area contributed by atoms with Crippen molar-refractivity contribution in [1.82, 2.24) is 34.3 Å². The van der Waals surface area contributed by atoms with E-state index in [9.17, 15) is 106 Å². The summed E-state index contributed by atoms with van der Waals surface area (Å²) in [6.07, 6.45) is 19.4. The summed E-state index contributed by atoms with van der Waals surface area (Å²) in [5, 5.41) is 63.5. The van der Waals surface area contributed by atoms with Crippen molar-refractivity contribution in [3.05, 3.63) is 0 Å². The molecule has 0 spiro atoms. The van der Waals surface area contributed by atoms with Crippen LogP contribution in [0.25, 0.3) is 0 Å². The number of carboxylic acid groups (broad SMARTS) is 7. The number of hydrogen-bond donors (Lipinski definition) is 9. The molecule has 0 aromatic carbocycles. The highest BCUT2D eigenvalue weighted by Gasteiger charge is 2.42. The third kappa shape index (κ3) is 49.6. The van der Waals surface area contributed by atoms with Gasteiger partial charge in [0.05, 0.1) is 0 Å². The molecule has 10 unspecified atom stereocenters. The Labute approximate surface area is 853 Å². The number of carbonyl (C=O) groups excluding carboxylic acids is 12. The van der Waals surface area contributed by atoms with Crippen LogP contribution in [0.5, 0.6) is 0 Å². The molecule has 5 fully saturated rings. The van der Waals surface area contributed by atoms with Gasteiger partial charge in [0, 0.05) is 153 Å². The summed E-state index contributed by atoms with van der Waals surface area (Å²) < 4.78 is 0. The van der Waals surface area contributed by atoms with Crippen molar-refractivity contribution in [2.75, 3.05) is 66.4 Å². The van der Waals surface area contributed by atoms with Crippen LogP contribution in [-0.2, 0) is 91.1 Å². The van der Waals surface area contributed by atoms with E-state index in [1.165, 1.54) is 50.0 Å². The Morgan fingerprint density at radius 2 is 0.500 bits per heavy atom. The molecule has 7 N–H and O–H groups in total. The highest BCUT2D eigenvalue weighted by atomic mass is 32.2. The summed E-state index contributed by atoms with van der Waals surface area (Å²) in [5.74, 6) is -7.31. The molecule has 0 saturated heterocycles. The maximum Gasteiger partial charge on any atom is 0.326 e. The standard InChI is InChI=1S/2C17H29NO4S.C14H23NO4S.C14H25NO4S.C13H23NO4S.C12H21NO3S.C11H19NO3S/c2*1-11(10-23-16(22)17(3,4)5)14(19)18(12(2)15(20)21)13-8-6-7-9-13;1-9(8-20-11(3)16)13(17)15(10(2)14(18)19)12-6-4-5-7-12;1-9(2)15(7-11(16)17)12(18)10(3)8-20-13(19)14(4,5)6;1-6-14(7-10(15)16)11(17)9(2)8-19-12(18)13(3,4)5;1-8(7-17)11(14)13(9(2)12(15)16)10-5-3-4-6-10;1-8(7-16)11(15)12(6-10(13)14)9-4-2-3-5-9/h2*11-13H,6-10H2,1-5H3,(H,20,21);9-10,12H,4-8H2,1-3H3,(H,18,19);9-10H,7-8H2,1-6H3,(H,16,17);9H,6-8H2,1-5H3,(H,15,16);8-10,17H,3-7H2,1-2H3,(H,15,16);8-9,16H,2-7H2,1H3,(H,13,14)/t11-,12?;;;;;;/m0....../s1. The summed E-state index contributed by atoms with van der Waals surface area (Å²) in [6.45, 7) is 47.1. The van der Waals surface area contributed by atoms with E-state index >= 15 is 0 Å². The van der Waals surface area contributed by atoms with Crippen LogP contribution in [0.3, 0.4) is 0 Å². The van der Waals surface area contributed by atoms with E-state index in [2.05, 4.69) is 25.3 Å². The molecule has 5 rings (SSSR count). The van der Waals surface area contributed by atoms with E-state index in [-0.39, 0.29) is 164 Å². The molecule has 7 amide bonds. The Balaban J connectivity index is 0. The van der Waals surface area contributed by atoms with Crippen molar-refractivity contribution in [1.29, 1.82) is 0 Å². The molecule has 138 heavy (non-hydrogen) atoms. The topological polar surface area (TPSA) is 489 Å². The molecule has 0 radical (unpaired) electrons. The predicted octanol–water partition coefficient (Wildman–Crippen LogP) is 15.8. The van der Waals surface area contributed by atoms with Gasteiger partial charge in [0.25, 0.3) is 0 Å². The minimum Gasteiger partial charge on any atom is -0.480 e. The molecule has 33 nitrogen and oxygen atoms in total. The number of aliphatic carboxylic acids is 7. The van der Waals surface area contributed by atoms with Crippen LogP contribution in [0, 0.1) is 63.1 Å². The summed E-state index contributed by atoms with van der Waals surface area (Å²) in [4.78, 5) is 233. The molecule has 794 valence electrons. The maximum atomic E-state index is 12.8. The molecule has 0 aromatic rings. The second-order valence-electron chi connectivity index (χ2n) is 41.2. The Kier molecular flexibility index (Phi) is 63.4. The fourth-order valence-electron chi connectivity index (χ4n) is 15.2. The van der Waals surface area contributed by atoms with Gasteiger partial charge in [-0.05, 0) is 113 Å². The average Bonchev–Trinajstić information content (AvgIpc) is 1.59. The van der Waals surface area contributed by atoms with Gasteiger partial charge in [0.15, 0.2) is 25.6 Å². The van der Waals surface area contributed by atoms with Gasteiger partial charge in [-0.15, -0.1) is 0 Å². The minimum absolute atomic E-state index is 0.0133. The minimum atomic E-state index is -1.03. The molecule has 40 heteroatoms. The number of thiol groups is 2. The number of carbonyl (C=O) groups is 19. The highest BCUT2D eigenvalue weighted by Crippen LogP contribution is 2.36. The van der Waals surface area contributed by atoms with E-state index in [0.717, 1.165) is 164 Å². The zero-order valence-corrected chi connectivity index (χ0v) is 93.1. The largest absolute Gasteiger partial charge is 0.480 e. The van der Waals surface area contributed by atoms with E-state index in [1.54, 1.807) is 112 Å². The molecular formula is C98H169N7O26S7. The summed E-state index contributed by atoms with van der Waals surface area (Å²) in [5.41, 5.74) is -1.75. The molecule has 0 bridgehead atoms. The quantitative estimate of drug-likeness (QED) is 0.0257. The summed E-state index contributed by atoms with van der Waals surface area (Å²) >= 11 is 13.9. The zero-order chi connectivity index (χ0) is 107. The maximum absolute atomic E-state index is 12.8. The van der Waals surface area contributed by atoms with Gasteiger partial charge < -0.3 is 70.0 Å². The first-order valence-electron chi connectivity index (χ1n) is 48.3. The van der Waals surface area contributed by atoms with E-state index in [1.807, 2.05) is 83.1 Å². The van der Waals surface area contributed by atoms with Gasteiger partial charge >= 0.3 is 41.8 Å². The Hall–Kier alpha value is -6.62. The van der Waals surface area contributed by atoms with Gasteiger partial charge in [-0.25, -0.2) is 19.2 Å². The lowest BCUT2D eigenvalue weighted by molar-refractivity contribution is -0.153. The van der Waals surface area contributed by atoms with Crippen molar-refractivity contribution in [2.24, 2.45) is 63.1 Å². The van der Waals surface area contributed by atoms with Crippen LogP contribution in [0.15, 0.2) is 0 Å². The van der Waals surface area contributed by atoms with Crippen LogP contribution in [0.4, 0.5) is 0 Å². The van der Waals surface area contributed by atoms with Crippen molar-refractivity contribution in [2.45, 2.75) is 376 Å². The molecule has 5 saturated carbocycles.